The summed E-state index contributed by atoms with van der Waals surface area (Å²) in [5, 5.41) is 16.1. The Morgan fingerprint density at radius 1 is 0.691 bits per heavy atom. The first-order valence-corrected chi connectivity index (χ1v) is 59.8. The molecule has 0 bridgehead atoms. The quantitative estimate of drug-likeness (QED) is 0.0723. The normalized spacial score (nSPS) is 33.1. The Morgan fingerprint density at radius 3 is 1.75 bits per heavy atom. The molecule has 0 aromatic heterocycles. The zero-order valence-electron chi connectivity index (χ0n) is 57.7. The minimum atomic E-state index is -1.30. The van der Waals surface area contributed by atoms with Crippen LogP contribution in [0.5, 0.6) is 0 Å². The number of nitrogens with zero attached hydrogens (tertiary/aromatic N) is 1. The predicted molar refractivity (Wildman–Crippen MR) is 449 cm³/mol. The third-order valence-electron chi connectivity index (χ3n) is 23.7. The molecule has 3 aliphatic heterocycles. The fraction of sp³-hybridized carbons (Fsp3) is 0.736. The van der Waals surface area contributed by atoms with Gasteiger partial charge in [0, 0.05) is 90.1 Å². The summed E-state index contributed by atoms with van der Waals surface area (Å²) in [7, 11) is 8.04. The molecule has 554 valence electrons. The molecule has 10 nitrogen and oxygen atoms in total. The summed E-state index contributed by atoms with van der Waals surface area (Å²) in [5.41, 5.74) is 6.85. The van der Waals surface area contributed by atoms with Crippen molar-refractivity contribution < 1.29 is 90.5 Å². The zero-order valence-corrected chi connectivity index (χ0v) is 81.6. The summed E-state index contributed by atoms with van der Waals surface area (Å²) in [5.74, 6) is 2.01. The molecule has 3 heterocycles. The molecule has 25 heteroatoms. The number of benzene rings is 2. The van der Waals surface area contributed by atoms with Crippen molar-refractivity contribution in [2.45, 2.75) is 260 Å². The van der Waals surface area contributed by atoms with Gasteiger partial charge < -0.3 is 63.1 Å². The monoisotopic (exact) mass is 2390 g/mol. The Kier molecular flexibility index (Phi) is 40.1. The molecule has 15 rings (SSSR count). The van der Waals surface area contributed by atoms with Crippen LogP contribution in [0.4, 0.5) is 11.4 Å². The van der Waals surface area contributed by atoms with Crippen LogP contribution in [0.2, 0.25) is 19.6 Å². The van der Waals surface area contributed by atoms with Crippen LogP contribution in [0.3, 0.4) is 0 Å². The van der Waals surface area contributed by atoms with E-state index in [1.54, 1.807) is 5.57 Å². The molecule has 10 aliphatic carbocycles. The molecule has 0 amide bonds. The second kappa shape index (κ2) is 41.8. The summed E-state index contributed by atoms with van der Waals surface area (Å²) in [6.07, 6.45) is 32.7. The molecule has 13 aliphatic rings. The molecule has 8 saturated carbocycles. The molecule has 1 radical (unpaired) electrons. The molecule has 10 atom stereocenters. The van der Waals surface area contributed by atoms with Gasteiger partial charge in [-0.25, -0.2) is 0 Å². The van der Waals surface area contributed by atoms with Crippen LogP contribution in [0.1, 0.15) is 205 Å². The van der Waals surface area contributed by atoms with Gasteiger partial charge in [-0.05, 0) is 160 Å². The smallest absolute Gasteiger partial charge is 2.00 e. The van der Waals surface area contributed by atoms with E-state index in [-0.39, 0.29) is 103 Å². The van der Waals surface area contributed by atoms with Crippen molar-refractivity contribution in [3.8, 4) is 0 Å². The van der Waals surface area contributed by atoms with E-state index in [0.717, 1.165) is 122 Å². The van der Waals surface area contributed by atoms with Gasteiger partial charge in [0.05, 0.1) is 32.0 Å². The number of Topliss-reactive ketones (excluding diaryl/α,β-unsaturated/α-hetero) is 2. The Labute approximate surface area is 729 Å². The second-order valence-electron chi connectivity index (χ2n) is 29.7. The number of nitrogens with one attached hydrogen (secondary N) is 1. The summed E-state index contributed by atoms with van der Waals surface area (Å²) in [4.78, 5) is 27.6. The predicted octanol–water partition coefficient (Wildman–Crippen LogP) is 19.4. The number of fused-ring (bicyclic) bond motifs is 7. The van der Waals surface area contributed by atoms with Gasteiger partial charge in [-0.2, -0.15) is 18.2 Å². The SMILES string of the molecule is CC12CC(c3ccc(NC4CCCCC4)cc3)C3=C4CCC5(C[C@]4(O)CCCC3C1CCC2=O)OCCO5.CC12CC=C3C(CCC[C@@]45CC6(CCC34O5)OCCO6)C1CCC2=O.CI.C[Si](C)(C)N(c1cc[c-]cc1)C1CCCCC1.IC(I)I.[Br-].[CH3-].[Cl][Cu][Cl].[Cu].[I][V]([I])[I].[Mg+2]. The maximum absolute atomic E-state index is 13.4. The molecular weight excluding hydrogens is 2290 g/mol. The van der Waals surface area contributed by atoms with Crippen LogP contribution in [0.25, 0.3) is 0 Å². The summed E-state index contributed by atoms with van der Waals surface area (Å²) >= 11 is 17.2. The van der Waals surface area contributed by atoms with Gasteiger partial charge in [0.2, 0.25) is 0 Å². The number of carbonyl (C=O) groups is 2. The molecular formula is C72H104BrCl2Cu2I7MgN2O8SiV-. The van der Waals surface area contributed by atoms with Gasteiger partial charge in [0.15, 0.2) is 11.6 Å². The maximum atomic E-state index is 13.4. The first-order valence-electron chi connectivity index (χ1n) is 34.4. The molecule has 2 aromatic carbocycles. The minimum Gasteiger partial charge on any atom is 2.00 e. The van der Waals surface area contributed by atoms with E-state index >= 15 is 0 Å². The first kappa shape index (κ1) is 93.0. The number of allylic oxidation sites excluding steroid dienone is 2. The average molecular weight is 2400 g/mol. The van der Waals surface area contributed by atoms with Crippen molar-refractivity contribution >= 4 is 225 Å². The van der Waals surface area contributed by atoms with E-state index in [1.165, 1.54) is 105 Å². The van der Waals surface area contributed by atoms with E-state index in [0.29, 0.717) is 67.3 Å². The van der Waals surface area contributed by atoms with Crippen LogP contribution in [-0.4, -0.2) is 120 Å². The van der Waals surface area contributed by atoms with Crippen molar-refractivity contribution in [2.24, 2.45) is 34.5 Å². The number of ketones is 2. The maximum Gasteiger partial charge on any atom is 2.00 e. The van der Waals surface area contributed by atoms with Crippen molar-refractivity contribution in [3.05, 3.63) is 90.4 Å². The van der Waals surface area contributed by atoms with E-state index in [1.807, 2.05) is 17.1 Å². The molecule has 11 fully saturated rings. The van der Waals surface area contributed by atoms with Crippen molar-refractivity contribution in [2.75, 3.05) is 41.2 Å². The Balaban J connectivity index is 0.000000250. The molecule has 2 aromatic rings. The molecule has 3 saturated heterocycles. The molecule has 97 heavy (non-hydrogen) atoms. The number of anilines is 2. The fourth-order valence-corrected chi connectivity index (χ4v) is 22.2. The number of halogens is 10. The largest absolute Gasteiger partial charge is 2.00 e. The number of carbonyl (C=O) groups excluding carboxylic acids is 2. The standard InChI is InChI=1S/C33H45NO4.C21H28O4.C15H24NSi.CHI3.CH3I.CH3.BrH.2ClH.2Cu.3HI.Mg.V/c1-31-20-26(22-9-11-24(12-10-22)34-23-6-3-2-4-7-23)30-25(27(31)13-14-29(31)35)8-5-16-32(36)21-33(17-15-28(30)32)37-18-19-38-33;1-18-8-6-16-14(15(18)4-5-17(18)22)3-2-7-19-13-20(23-11-12-24-20)9-10-21(16,19)25-19;1-17(2,3)16(14-10-6-4-7-11-14)15-12-8-5-9-13-15;2-1(3)4;1-2;;;;;;;;;;;/h9-12,23,25-27,34,36H,2-8,13-21H2,1H3;6,14-15H,2-5,7-13H2,1H3;8-9,12-14H,4,6-7,10-11H2,1-3H3;1H;1H3;1H3;3*1H;;;3*1H;;/q;;-1;;;-1;;;;;+2;;;;+2;+3/p-6/t25?,26?,27?,31?,32-;14?,15?,18?,19-,21?;;;;;;;;;;;;;;/m11............../s1. The summed E-state index contributed by atoms with van der Waals surface area (Å²) in [6.45, 7) is 14.5. The van der Waals surface area contributed by atoms with Gasteiger partial charge >= 0.3 is 121 Å². The number of ether oxygens (including phenoxy) is 5. The van der Waals surface area contributed by atoms with Crippen LogP contribution >= 0.6 is 170 Å². The number of hydrogen-bond acceptors (Lipinski definition) is 10. The van der Waals surface area contributed by atoms with E-state index in [2.05, 4.69) is 262 Å². The van der Waals surface area contributed by atoms with Gasteiger partial charge in [-0.15, -0.1) is 12.1 Å². The van der Waals surface area contributed by atoms with Crippen molar-refractivity contribution in [3.63, 3.8) is 0 Å². The van der Waals surface area contributed by atoms with E-state index < -0.39 is 19.6 Å². The Bertz CT molecular complexity index is 2860. The zero-order chi connectivity index (χ0) is 67.0. The minimum absolute atomic E-state index is 0. The second-order valence-corrected chi connectivity index (χ2v) is 82.4. The fourth-order valence-electron chi connectivity index (χ4n) is 20.0. The van der Waals surface area contributed by atoms with E-state index in [4.69, 9.17) is 23.7 Å². The summed E-state index contributed by atoms with van der Waals surface area (Å²) < 4.78 is 34.4. The number of hydrogen-bond donors (Lipinski definition) is 2. The topological polar surface area (TPSA) is 119 Å². The van der Waals surface area contributed by atoms with Crippen LogP contribution in [0.15, 0.2) is 71.3 Å². The van der Waals surface area contributed by atoms with Crippen molar-refractivity contribution in [1.82, 2.24) is 0 Å². The molecule has 8 unspecified atom stereocenters. The molecule has 2 spiro atoms. The average Bonchev–Trinajstić information content (AvgIpc) is 1.50. The Morgan fingerprint density at radius 2 is 1.20 bits per heavy atom. The summed E-state index contributed by atoms with van der Waals surface area (Å²) in [6, 6.07) is 22.2. The number of epoxide rings is 1. The van der Waals surface area contributed by atoms with Gasteiger partial charge in [0.1, 0.15) is 30.9 Å². The van der Waals surface area contributed by atoms with Gasteiger partial charge in [0.25, 0.3) is 0 Å². The van der Waals surface area contributed by atoms with Crippen LogP contribution < -0.4 is 26.9 Å². The number of alkyl halides is 4. The number of rotatable bonds is 6. The number of aliphatic hydroxyl groups is 1. The van der Waals surface area contributed by atoms with E-state index in [9.17, 15) is 14.7 Å². The third-order valence-corrected chi connectivity index (χ3v) is 25.8. The van der Waals surface area contributed by atoms with Crippen molar-refractivity contribution in [1.29, 1.82) is 0 Å². The molecule has 2 N–H and O–H groups in total. The van der Waals surface area contributed by atoms with Gasteiger partial charge in [-0.3, -0.25) is 9.59 Å². The van der Waals surface area contributed by atoms with Gasteiger partial charge in [-0.1, -0.05) is 192 Å². The van der Waals surface area contributed by atoms with Crippen LogP contribution in [0, 0.1) is 48.0 Å². The Hall–Kier alpha value is 5.40. The third kappa shape index (κ3) is 22.2. The van der Waals surface area contributed by atoms with Crippen LogP contribution in [-0.2, 0) is 68.4 Å². The first-order chi connectivity index (χ1) is 44.4.